The Balaban J connectivity index is 1.52. The van der Waals surface area contributed by atoms with Crippen molar-refractivity contribution in [1.82, 2.24) is 24.8 Å². The van der Waals surface area contributed by atoms with E-state index in [4.69, 9.17) is 0 Å². The van der Waals surface area contributed by atoms with Gasteiger partial charge in [0.15, 0.2) is 11.6 Å². The number of hydrogen-bond acceptors (Lipinski definition) is 3. The van der Waals surface area contributed by atoms with Crippen molar-refractivity contribution in [3.63, 3.8) is 0 Å². The summed E-state index contributed by atoms with van der Waals surface area (Å²) in [6.45, 7) is 7.64. The molecular weight excluding hydrogens is 300 g/mol. The highest BCUT2D eigenvalue weighted by Gasteiger charge is 2.25. The number of aromatic nitrogens is 3. The largest absolute Gasteiger partial charge is 0.356 e. The van der Waals surface area contributed by atoms with Crippen molar-refractivity contribution < 1.29 is 0 Å². The molecule has 1 fully saturated rings. The minimum atomic E-state index is 0.770. The Bertz CT molecular complexity index is 690. The van der Waals surface area contributed by atoms with E-state index in [9.17, 15) is 0 Å². The summed E-state index contributed by atoms with van der Waals surface area (Å²) in [7, 11) is 1.87. The van der Waals surface area contributed by atoms with Crippen LogP contribution in [0.4, 0.5) is 0 Å². The number of nitrogens with one attached hydrogen (secondary N) is 1. The molecule has 3 heterocycles. The molecule has 1 atom stereocenters. The molecule has 1 aliphatic rings. The highest BCUT2D eigenvalue weighted by Crippen LogP contribution is 2.23. The van der Waals surface area contributed by atoms with Gasteiger partial charge in [-0.3, -0.25) is 9.39 Å². The SMILES string of the molecule is CN=C(NCCc1nnc2ccccn12)N1CCC(CC(C)C)C1. The van der Waals surface area contributed by atoms with Crippen LogP contribution in [0.1, 0.15) is 32.5 Å². The quantitative estimate of drug-likeness (QED) is 0.675. The molecule has 2 aromatic heterocycles. The lowest BCUT2D eigenvalue weighted by molar-refractivity contribution is 0.403. The molecule has 1 N–H and O–H groups in total. The third kappa shape index (κ3) is 3.86. The van der Waals surface area contributed by atoms with E-state index in [1.807, 2.05) is 35.8 Å². The summed E-state index contributed by atoms with van der Waals surface area (Å²) >= 11 is 0. The Morgan fingerprint density at radius 3 is 3.04 bits per heavy atom. The van der Waals surface area contributed by atoms with Crippen LogP contribution in [0.3, 0.4) is 0 Å². The van der Waals surface area contributed by atoms with Crippen molar-refractivity contribution in [3.05, 3.63) is 30.2 Å². The van der Waals surface area contributed by atoms with Gasteiger partial charge in [0.2, 0.25) is 0 Å². The Morgan fingerprint density at radius 1 is 1.38 bits per heavy atom. The number of fused-ring (bicyclic) bond motifs is 1. The first kappa shape index (κ1) is 16.7. The van der Waals surface area contributed by atoms with Crippen molar-refractivity contribution in [3.8, 4) is 0 Å². The first-order valence-corrected chi connectivity index (χ1v) is 8.91. The summed E-state index contributed by atoms with van der Waals surface area (Å²) in [4.78, 5) is 6.84. The Morgan fingerprint density at radius 2 is 2.25 bits per heavy atom. The lowest BCUT2D eigenvalue weighted by atomic mass is 9.97. The van der Waals surface area contributed by atoms with E-state index in [0.717, 1.165) is 55.3 Å². The van der Waals surface area contributed by atoms with Crippen LogP contribution in [0.5, 0.6) is 0 Å². The number of guanidine groups is 1. The van der Waals surface area contributed by atoms with Gasteiger partial charge in [0, 0.05) is 39.3 Å². The van der Waals surface area contributed by atoms with Gasteiger partial charge in [0.25, 0.3) is 0 Å². The molecule has 0 spiro atoms. The van der Waals surface area contributed by atoms with E-state index in [1.165, 1.54) is 12.8 Å². The zero-order chi connectivity index (χ0) is 16.9. The zero-order valence-electron chi connectivity index (χ0n) is 14.9. The van der Waals surface area contributed by atoms with Gasteiger partial charge in [-0.1, -0.05) is 19.9 Å². The lowest BCUT2D eigenvalue weighted by Gasteiger charge is -2.22. The molecule has 0 amide bonds. The van der Waals surface area contributed by atoms with E-state index >= 15 is 0 Å². The molecule has 3 rings (SSSR count). The molecule has 6 heteroatoms. The maximum absolute atomic E-state index is 4.45. The number of nitrogens with zero attached hydrogens (tertiary/aromatic N) is 5. The second-order valence-electron chi connectivity index (χ2n) is 7.00. The van der Waals surface area contributed by atoms with Crippen molar-refractivity contribution >= 4 is 11.6 Å². The summed E-state index contributed by atoms with van der Waals surface area (Å²) in [5.74, 6) is 3.55. The molecule has 0 radical (unpaired) electrons. The Labute approximate surface area is 144 Å². The van der Waals surface area contributed by atoms with Gasteiger partial charge in [0.05, 0.1) is 0 Å². The average molecular weight is 328 g/mol. The van der Waals surface area contributed by atoms with Crippen molar-refractivity contribution in [2.45, 2.75) is 33.1 Å². The van der Waals surface area contributed by atoms with Crippen LogP contribution < -0.4 is 5.32 Å². The molecule has 6 nitrogen and oxygen atoms in total. The molecule has 1 aliphatic heterocycles. The molecule has 130 valence electrons. The van der Waals surface area contributed by atoms with Gasteiger partial charge < -0.3 is 10.2 Å². The number of hydrogen-bond donors (Lipinski definition) is 1. The van der Waals surface area contributed by atoms with E-state index in [-0.39, 0.29) is 0 Å². The van der Waals surface area contributed by atoms with Gasteiger partial charge in [-0.25, -0.2) is 0 Å². The number of pyridine rings is 1. The zero-order valence-corrected chi connectivity index (χ0v) is 14.9. The van der Waals surface area contributed by atoms with Gasteiger partial charge in [0.1, 0.15) is 5.82 Å². The van der Waals surface area contributed by atoms with Gasteiger partial charge >= 0.3 is 0 Å². The van der Waals surface area contributed by atoms with Crippen LogP contribution in [-0.4, -0.2) is 52.1 Å². The maximum Gasteiger partial charge on any atom is 0.193 e. The summed E-state index contributed by atoms with van der Waals surface area (Å²) in [6.07, 6.45) is 5.41. The first-order chi connectivity index (χ1) is 11.7. The first-order valence-electron chi connectivity index (χ1n) is 8.91. The molecule has 1 saturated heterocycles. The van der Waals surface area contributed by atoms with Crippen LogP contribution >= 0.6 is 0 Å². The minimum absolute atomic E-state index is 0.770. The van der Waals surface area contributed by atoms with E-state index in [1.54, 1.807) is 0 Å². The molecule has 0 bridgehead atoms. The van der Waals surface area contributed by atoms with Crippen LogP contribution in [0.25, 0.3) is 5.65 Å². The number of rotatable bonds is 5. The van der Waals surface area contributed by atoms with E-state index < -0.39 is 0 Å². The third-order valence-electron chi connectivity index (χ3n) is 4.62. The minimum Gasteiger partial charge on any atom is -0.356 e. The molecule has 2 aromatic rings. The molecule has 24 heavy (non-hydrogen) atoms. The lowest BCUT2D eigenvalue weighted by Crippen LogP contribution is -2.41. The highest BCUT2D eigenvalue weighted by molar-refractivity contribution is 5.80. The highest BCUT2D eigenvalue weighted by atomic mass is 15.3. The molecule has 1 unspecified atom stereocenters. The normalized spacial score (nSPS) is 18.8. The number of likely N-dealkylation sites (tertiary alicyclic amines) is 1. The van der Waals surface area contributed by atoms with Crippen LogP contribution in [0, 0.1) is 11.8 Å². The third-order valence-corrected chi connectivity index (χ3v) is 4.62. The predicted octanol–water partition coefficient (Wildman–Crippen LogP) is 2.22. The maximum atomic E-state index is 4.45. The fourth-order valence-corrected chi connectivity index (χ4v) is 3.56. The van der Waals surface area contributed by atoms with Crippen LogP contribution in [-0.2, 0) is 6.42 Å². The van der Waals surface area contributed by atoms with Gasteiger partial charge in [-0.15, -0.1) is 10.2 Å². The smallest absolute Gasteiger partial charge is 0.193 e. The molecule has 0 aliphatic carbocycles. The van der Waals surface area contributed by atoms with Crippen molar-refractivity contribution in [1.29, 1.82) is 0 Å². The molecule has 0 saturated carbocycles. The fraction of sp³-hybridized carbons (Fsp3) is 0.611. The standard InChI is InChI=1S/C18H28N6/c1-14(2)12-15-8-11-23(13-15)18(19-3)20-9-7-17-22-21-16-6-4-5-10-24(16)17/h4-6,10,14-15H,7-9,11-13H2,1-3H3,(H,19,20). The monoisotopic (exact) mass is 328 g/mol. The van der Waals surface area contributed by atoms with E-state index in [0.29, 0.717) is 0 Å². The van der Waals surface area contributed by atoms with Crippen molar-refractivity contribution in [2.24, 2.45) is 16.8 Å². The summed E-state index contributed by atoms with van der Waals surface area (Å²) in [6, 6.07) is 5.96. The van der Waals surface area contributed by atoms with E-state index in [2.05, 4.69) is 39.3 Å². The molecular formula is C18H28N6. The van der Waals surface area contributed by atoms with Gasteiger partial charge in [-0.05, 0) is 36.8 Å². The van der Waals surface area contributed by atoms with Crippen LogP contribution in [0.2, 0.25) is 0 Å². The predicted molar refractivity (Wildman–Crippen MR) is 97.2 cm³/mol. The van der Waals surface area contributed by atoms with Crippen molar-refractivity contribution in [2.75, 3.05) is 26.7 Å². The second-order valence-corrected chi connectivity index (χ2v) is 7.00. The summed E-state index contributed by atoms with van der Waals surface area (Å²) < 4.78 is 2.04. The Hall–Kier alpha value is -2.11. The van der Waals surface area contributed by atoms with Gasteiger partial charge in [-0.2, -0.15) is 0 Å². The number of aliphatic imine (C=N–C) groups is 1. The average Bonchev–Trinajstić information content (AvgIpc) is 3.18. The Kier molecular flexibility index (Phi) is 5.33. The van der Waals surface area contributed by atoms with Crippen LogP contribution in [0.15, 0.2) is 29.4 Å². The topological polar surface area (TPSA) is 57.8 Å². The fourth-order valence-electron chi connectivity index (χ4n) is 3.56. The second kappa shape index (κ2) is 7.64. The summed E-state index contributed by atoms with van der Waals surface area (Å²) in [5, 5.41) is 12.0. The summed E-state index contributed by atoms with van der Waals surface area (Å²) in [5.41, 5.74) is 0.896. The molecule has 0 aromatic carbocycles.